The molecule has 0 saturated heterocycles. The summed E-state index contributed by atoms with van der Waals surface area (Å²) in [5.41, 5.74) is 4.57. The molecule has 128 valence electrons. The van der Waals surface area contributed by atoms with Gasteiger partial charge in [0.2, 0.25) is 0 Å². The number of nitrogens with zero attached hydrogens (tertiary/aromatic N) is 1. The molecular formula is C21H22N2O2. The van der Waals surface area contributed by atoms with Crippen molar-refractivity contribution in [3.8, 4) is 22.5 Å². The molecule has 3 rings (SSSR count). The number of aromatic nitrogens is 2. The second-order valence-corrected chi connectivity index (χ2v) is 6.56. The third-order valence-corrected chi connectivity index (χ3v) is 4.06. The van der Waals surface area contributed by atoms with Crippen LogP contribution in [0.5, 0.6) is 0 Å². The van der Waals surface area contributed by atoms with Gasteiger partial charge >= 0.3 is 0 Å². The van der Waals surface area contributed by atoms with E-state index in [1.807, 2.05) is 54.6 Å². The molecule has 1 heterocycles. The largest absolute Gasteiger partial charge is 0.392 e. The van der Waals surface area contributed by atoms with E-state index in [2.05, 4.69) is 18.8 Å². The Morgan fingerprint density at radius 1 is 1.00 bits per heavy atom. The summed E-state index contributed by atoms with van der Waals surface area (Å²) < 4.78 is 0. The first-order chi connectivity index (χ1) is 12.1. The quantitative estimate of drug-likeness (QED) is 0.746. The first kappa shape index (κ1) is 17.1. The molecule has 4 nitrogen and oxygen atoms in total. The van der Waals surface area contributed by atoms with Gasteiger partial charge in [-0.25, -0.2) is 4.98 Å². The van der Waals surface area contributed by atoms with E-state index in [1.165, 1.54) is 0 Å². The SMILES string of the molecule is CC(C)Cc1nc(-c2ccc(CO)cc2)c(-c2ccccc2)[nH]c1=O. The zero-order chi connectivity index (χ0) is 17.8. The first-order valence-corrected chi connectivity index (χ1v) is 8.47. The molecule has 0 aliphatic heterocycles. The van der Waals surface area contributed by atoms with Gasteiger partial charge in [-0.2, -0.15) is 0 Å². The van der Waals surface area contributed by atoms with Crippen LogP contribution in [0.3, 0.4) is 0 Å². The van der Waals surface area contributed by atoms with Crippen LogP contribution in [0.4, 0.5) is 0 Å². The summed E-state index contributed by atoms with van der Waals surface area (Å²) in [4.78, 5) is 20.2. The van der Waals surface area contributed by atoms with Crippen LogP contribution in [0.2, 0.25) is 0 Å². The molecule has 0 radical (unpaired) electrons. The minimum Gasteiger partial charge on any atom is -0.392 e. The van der Waals surface area contributed by atoms with Crippen molar-refractivity contribution in [3.63, 3.8) is 0 Å². The number of hydrogen-bond acceptors (Lipinski definition) is 3. The van der Waals surface area contributed by atoms with Crippen molar-refractivity contribution in [2.45, 2.75) is 26.9 Å². The van der Waals surface area contributed by atoms with Gasteiger partial charge in [-0.1, -0.05) is 68.4 Å². The Balaban J connectivity index is 2.19. The molecule has 0 aliphatic rings. The molecule has 0 fully saturated rings. The summed E-state index contributed by atoms with van der Waals surface area (Å²) in [6.45, 7) is 4.15. The molecule has 2 N–H and O–H groups in total. The fourth-order valence-corrected chi connectivity index (χ4v) is 2.80. The number of aromatic amines is 1. The summed E-state index contributed by atoms with van der Waals surface area (Å²) in [7, 11) is 0. The lowest BCUT2D eigenvalue weighted by molar-refractivity contribution is 0.282. The van der Waals surface area contributed by atoms with E-state index in [9.17, 15) is 9.90 Å². The predicted molar refractivity (Wildman–Crippen MR) is 100 cm³/mol. The molecule has 2 aromatic carbocycles. The van der Waals surface area contributed by atoms with Crippen LogP contribution in [0.15, 0.2) is 59.4 Å². The van der Waals surface area contributed by atoms with Gasteiger partial charge in [0.05, 0.1) is 18.0 Å². The molecule has 0 spiro atoms. The number of nitrogens with one attached hydrogen (secondary N) is 1. The van der Waals surface area contributed by atoms with Gasteiger partial charge < -0.3 is 10.1 Å². The molecule has 4 heteroatoms. The Morgan fingerprint density at radius 2 is 1.68 bits per heavy atom. The fraction of sp³-hybridized carbons (Fsp3) is 0.238. The number of H-pyrrole nitrogens is 1. The molecular weight excluding hydrogens is 312 g/mol. The number of aliphatic hydroxyl groups is 1. The molecule has 3 aromatic rings. The van der Waals surface area contributed by atoms with Crippen molar-refractivity contribution in [3.05, 3.63) is 76.2 Å². The maximum Gasteiger partial charge on any atom is 0.270 e. The zero-order valence-electron chi connectivity index (χ0n) is 14.5. The third kappa shape index (κ3) is 3.86. The average Bonchev–Trinajstić information content (AvgIpc) is 2.63. The van der Waals surface area contributed by atoms with Crippen molar-refractivity contribution in [2.75, 3.05) is 0 Å². The summed E-state index contributed by atoms with van der Waals surface area (Å²) in [5.74, 6) is 0.348. The summed E-state index contributed by atoms with van der Waals surface area (Å²) in [6.07, 6.45) is 0.631. The molecule has 1 aromatic heterocycles. The highest BCUT2D eigenvalue weighted by Crippen LogP contribution is 2.28. The highest BCUT2D eigenvalue weighted by Gasteiger charge is 2.15. The minimum atomic E-state index is -0.136. The van der Waals surface area contributed by atoms with Crippen molar-refractivity contribution in [1.29, 1.82) is 0 Å². The Bertz CT molecular complexity index is 897. The van der Waals surface area contributed by atoms with E-state index in [0.29, 0.717) is 18.0 Å². The van der Waals surface area contributed by atoms with Gasteiger partial charge in [0.1, 0.15) is 5.69 Å². The van der Waals surface area contributed by atoms with Crippen LogP contribution in [0.1, 0.15) is 25.1 Å². The van der Waals surface area contributed by atoms with Crippen LogP contribution >= 0.6 is 0 Å². The number of aliphatic hydroxyl groups excluding tert-OH is 1. The monoisotopic (exact) mass is 334 g/mol. The summed E-state index contributed by atoms with van der Waals surface area (Å²) in [5, 5.41) is 9.25. The van der Waals surface area contributed by atoms with Gasteiger partial charge in [0.15, 0.2) is 0 Å². The normalized spacial score (nSPS) is 11.0. The molecule has 25 heavy (non-hydrogen) atoms. The maximum atomic E-state index is 12.5. The number of benzene rings is 2. The molecule has 0 amide bonds. The second-order valence-electron chi connectivity index (χ2n) is 6.56. The lowest BCUT2D eigenvalue weighted by Gasteiger charge is -2.12. The van der Waals surface area contributed by atoms with Gasteiger partial charge in [-0.05, 0) is 17.9 Å². The molecule has 0 unspecified atom stereocenters. The van der Waals surface area contributed by atoms with Gasteiger partial charge in [0, 0.05) is 11.1 Å². The van der Waals surface area contributed by atoms with E-state index in [-0.39, 0.29) is 12.2 Å². The smallest absolute Gasteiger partial charge is 0.270 e. The lowest BCUT2D eigenvalue weighted by Crippen LogP contribution is -2.19. The lowest BCUT2D eigenvalue weighted by atomic mass is 10.0. The molecule has 0 saturated carbocycles. The van der Waals surface area contributed by atoms with Crippen molar-refractivity contribution < 1.29 is 5.11 Å². The average molecular weight is 334 g/mol. The van der Waals surface area contributed by atoms with E-state index in [0.717, 1.165) is 28.1 Å². The van der Waals surface area contributed by atoms with Gasteiger partial charge in [0.25, 0.3) is 5.56 Å². The van der Waals surface area contributed by atoms with Crippen LogP contribution < -0.4 is 5.56 Å². The second kappa shape index (κ2) is 7.45. The van der Waals surface area contributed by atoms with Gasteiger partial charge in [-0.15, -0.1) is 0 Å². The summed E-state index contributed by atoms with van der Waals surface area (Å²) in [6, 6.07) is 17.3. The standard InChI is InChI=1S/C21H22N2O2/c1-14(2)12-18-21(25)23-20(16-6-4-3-5-7-16)19(22-18)17-10-8-15(13-24)9-11-17/h3-11,14,24H,12-13H2,1-2H3,(H,23,25). The fourth-order valence-electron chi connectivity index (χ4n) is 2.80. The molecule has 0 bridgehead atoms. The van der Waals surface area contributed by atoms with E-state index in [4.69, 9.17) is 4.98 Å². The highest BCUT2D eigenvalue weighted by molar-refractivity contribution is 5.77. The summed E-state index contributed by atoms with van der Waals surface area (Å²) >= 11 is 0. The highest BCUT2D eigenvalue weighted by atomic mass is 16.3. The van der Waals surface area contributed by atoms with Crippen molar-refractivity contribution in [2.24, 2.45) is 5.92 Å². The Morgan fingerprint density at radius 3 is 2.28 bits per heavy atom. The van der Waals surface area contributed by atoms with E-state index < -0.39 is 0 Å². The molecule has 0 aliphatic carbocycles. The van der Waals surface area contributed by atoms with Crippen LogP contribution in [-0.2, 0) is 13.0 Å². The van der Waals surface area contributed by atoms with E-state index >= 15 is 0 Å². The van der Waals surface area contributed by atoms with Crippen LogP contribution in [-0.4, -0.2) is 15.1 Å². The third-order valence-electron chi connectivity index (χ3n) is 4.06. The number of rotatable bonds is 5. The van der Waals surface area contributed by atoms with E-state index in [1.54, 1.807) is 0 Å². The minimum absolute atomic E-state index is 0.00345. The Kier molecular flexibility index (Phi) is 5.10. The Hall–Kier alpha value is -2.72. The Labute approximate surface area is 147 Å². The zero-order valence-corrected chi connectivity index (χ0v) is 14.5. The van der Waals surface area contributed by atoms with Crippen molar-refractivity contribution >= 4 is 0 Å². The predicted octanol–water partition coefficient (Wildman–Crippen LogP) is 3.79. The van der Waals surface area contributed by atoms with Crippen LogP contribution in [0.25, 0.3) is 22.5 Å². The number of hydrogen-bond donors (Lipinski definition) is 2. The first-order valence-electron chi connectivity index (χ1n) is 8.47. The topological polar surface area (TPSA) is 66.0 Å². The van der Waals surface area contributed by atoms with Crippen LogP contribution in [0, 0.1) is 5.92 Å². The van der Waals surface area contributed by atoms with Crippen molar-refractivity contribution in [1.82, 2.24) is 9.97 Å². The maximum absolute atomic E-state index is 12.5. The molecule has 0 atom stereocenters. The van der Waals surface area contributed by atoms with Gasteiger partial charge in [-0.3, -0.25) is 4.79 Å².